The van der Waals surface area contributed by atoms with Crippen LogP contribution in [0.4, 0.5) is 5.69 Å². The number of aliphatic hydroxyl groups excluding tert-OH is 3. The van der Waals surface area contributed by atoms with Gasteiger partial charge in [-0.2, -0.15) is 5.10 Å². The quantitative estimate of drug-likeness (QED) is 0.517. The molecule has 0 aliphatic carbocycles. The summed E-state index contributed by atoms with van der Waals surface area (Å²) in [6, 6.07) is 7.73. The summed E-state index contributed by atoms with van der Waals surface area (Å²) in [6.45, 7) is 3.78. The summed E-state index contributed by atoms with van der Waals surface area (Å²) >= 11 is 0. The first-order valence-electron chi connectivity index (χ1n) is 8.51. The molecule has 0 saturated carbocycles. The van der Waals surface area contributed by atoms with Gasteiger partial charge in [0.05, 0.1) is 48.1 Å². The molecule has 0 saturated heterocycles. The van der Waals surface area contributed by atoms with Gasteiger partial charge in [-0.1, -0.05) is 25.1 Å². The van der Waals surface area contributed by atoms with E-state index in [1.165, 1.54) is 0 Å². The number of aliphatic hydroxyl groups is 3. The second-order valence-electron chi connectivity index (χ2n) is 6.24. The Morgan fingerprint density at radius 1 is 1.20 bits per heavy atom. The molecule has 134 valence electrons. The predicted molar refractivity (Wildman–Crippen MR) is 97.7 cm³/mol. The normalized spacial score (nSPS) is 14.1. The monoisotopic (exact) mass is 344 g/mol. The van der Waals surface area contributed by atoms with Crippen LogP contribution in [-0.4, -0.2) is 55.4 Å². The molecule has 1 aromatic carbocycles. The maximum Gasteiger partial charge on any atom is 0.160 e. The number of anilines is 1. The number of aromatic nitrogens is 3. The number of pyridine rings is 1. The molecule has 2 atom stereocenters. The Morgan fingerprint density at radius 2 is 1.96 bits per heavy atom. The van der Waals surface area contributed by atoms with Gasteiger partial charge in [0.2, 0.25) is 0 Å². The summed E-state index contributed by atoms with van der Waals surface area (Å²) < 4.78 is 1.63. The van der Waals surface area contributed by atoms with Gasteiger partial charge >= 0.3 is 0 Å². The summed E-state index contributed by atoms with van der Waals surface area (Å²) in [7, 11) is 0. The summed E-state index contributed by atoms with van der Waals surface area (Å²) in [5, 5.41) is 38.3. The van der Waals surface area contributed by atoms with Crippen molar-refractivity contribution in [1.29, 1.82) is 0 Å². The molecule has 3 aromatic rings. The van der Waals surface area contributed by atoms with Crippen molar-refractivity contribution in [1.82, 2.24) is 14.8 Å². The molecule has 7 nitrogen and oxygen atoms in total. The Labute approximate surface area is 145 Å². The molecule has 2 aromatic heterocycles. The lowest BCUT2D eigenvalue weighted by Gasteiger charge is -2.18. The zero-order valence-corrected chi connectivity index (χ0v) is 14.5. The Morgan fingerprint density at radius 3 is 2.64 bits per heavy atom. The van der Waals surface area contributed by atoms with Crippen molar-refractivity contribution < 1.29 is 15.3 Å². The van der Waals surface area contributed by atoms with E-state index < -0.39 is 6.10 Å². The molecule has 0 aliphatic rings. The van der Waals surface area contributed by atoms with Gasteiger partial charge in [0, 0.05) is 11.4 Å². The molecule has 25 heavy (non-hydrogen) atoms. The molecular weight excluding hydrogens is 320 g/mol. The highest BCUT2D eigenvalue weighted by Crippen LogP contribution is 2.33. The third-order valence-corrected chi connectivity index (χ3v) is 4.41. The molecule has 4 N–H and O–H groups in total. The fourth-order valence-corrected chi connectivity index (χ4v) is 3.02. The van der Waals surface area contributed by atoms with E-state index >= 15 is 0 Å². The van der Waals surface area contributed by atoms with Gasteiger partial charge in [0.1, 0.15) is 0 Å². The van der Waals surface area contributed by atoms with E-state index in [9.17, 15) is 10.2 Å². The summed E-state index contributed by atoms with van der Waals surface area (Å²) in [6.07, 6.45) is -0.113. The van der Waals surface area contributed by atoms with Crippen LogP contribution < -0.4 is 5.32 Å². The first kappa shape index (κ1) is 17.6. The predicted octanol–water partition coefficient (Wildman–Crippen LogP) is 1.43. The Bertz CT molecular complexity index is 874. The van der Waals surface area contributed by atoms with Crippen LogP contribution in [0.15, 0.2) is 24.3 Å². The third kappa shape index (κ3) is 3.30. The Kier molecular flexibility index (Phi) is 5.17. The number of benzene rings is 1. The van der Waals surface area contributed by atoms with Crippen LogP contribution in [-0.2, 0) is 6.54 Å². The fraction of sp³-hybridized carbons (Fsp3) is 0.444. The first-order valence-corrected chi connectivity index (χ1v) is 8.51. The molecule has 0 amide bonds. The SMILES string of the molecule is CC[C@@H](CO)Nc1c2ccccc2nc2c1c(C)nn2CC(O)CO. The van der Waals surface area contributed by atoms with E-state index in [2.05, 4.69) is 10.4 Å². The number of aryl methyl sites for hydroxylation is 1. The number of para-hydroxylation sites is 1. The zero-order valence-electron chi connectivity index (χ0n) is 14.5. The minimum absolute atomic E-state index is 0.0328. The van der Waals surface area contributed by atoms with Gasteiger partial charge in [0.25, 0.3) is 0 Å². The maximum atomic E-state index is 9.80. The number of nitrogens with zero attached hydrogens (tertiary/aromatic N) is 3. The lowest BCUT2D eigenvalue weighted by atomic mass is 10.1. The average Bonchev–Trinajstić information content (AvgIpc) is 2.94. The summed E-state index contributed by atoms with van der Waals surface area (Å²) in [5.41, 5.74) is 3.14. The summed E-state index contributed by atoms with van der Waals surface area (Å²) in [4.78, 5) is 4.71. The van der Waals surface area contributed by atoms with Crippen LogP contribution in [0, 0.1) is 6.92 Å². The second-order valence-corrected chi connectivity index (χ2v) is 6.24. The largest absolute Gasteiger partial charge is 0.394 e. The standard InChI is InChI=1S/C18H24N4O3/c1-3-12(9-23)19-17-14-6-4-5-7-15(14)20-18-16(17)11(2)21-22(18)8-13(25)10-24/h4-7,12-13,23-25H,3,8-10H2,1-2H3,(H,19,20)/t12-,13?/m0/s1. The number of hydrogen-bond donors (Lipinski definition) is 4. The first-order chi connectivity index (χ1) is 12.1. The van der Waals surface area contributed by atoms with E-state index in [-0.39, 0.29) is 25.8 Å². The number of nitrogens with one attached hydrogen (secondary N) is 1. The molecule has 0 fully saturated rings. The van der Waals surface area contributed by atoms with Crippen molar-refractivity contribution in [2.75, 3.05) is 18.5 Å². The topological polar surface area (TPSA) is 103 Å². The van der Waals surface area contributed by atoms with Crippen molar-refractivity contribution in [3.63, 3.8) is 0 Å². The number of hydrogen-bond acceptors (Lipinski definition) is 6. The molecule has 1 unspecified atom stereocenters. The zero-order chi connectivity index (χ0) is 18.0. The van der Waals surface area contributed by atoms with Gasteiger partial charge in [-0.25, -0.2) is 9.67 Å². The maximum absolute atomic E-state index is 9.80. The minimum Gasteiger partial charge on any atom is -0.394 e. The van der Waals surface area contributed by atoms with Crippen molar-refractivity contribution in [2.45, 2.75) is 39.0 Å². The fourth-order valence-electron chi connectivity index (χ4n) is 3.02. The highest BCUT2D eigenvalue weighted by molar-refractivity contribution is 6.07. The molecule has 0 radical (unpaired) electrons. The smallest absolute Gasteiger partial charge is 0.160 e. The molecule has 0 aliphatic heterocycles. The Balaban J connectivity index is 2.25. The van der Waals surface area contributed by atoms with Crippen LogP contribution in [0.2, 0.25) is 0 Å². The molecule has 0 bridgehead atoms. The van der Waals surface area contributed by atoms with E-state index in [0.717, 1.165) is 34.1 Å². The van der Waals surface area contributed by atoms with Crippen molar-refractivity contribution in [2.24, 2.45) is 0 Å². The lowest BCUT2D eigenvalue weighted by Crippen LogP contribution is -2.23. The van der Waals surface area contributed by atoms with Gasteiger partial charge < -0.3 is 20.6 Å². The van der Waals surface area contributed by atoms with E-state index in [1.807, 2.05) is 38.1 Å². The van der Waals surface area contributed by atoms with Gasteiger partial charge in [0.15, 0.2) is 5.65 Å². The molecule has 3 rings (SSSR count). The third-order valence-electron chi connectivity index (χ3n) is 4.41. The highest BCUT2D eigenvalue weighted by Gasteiger charge is 2.19. The molecule has 2 heterocycles. The van der Waals surface area contributed by atoms with Crippen LogP contribution in [0.5, 0.6) is 0 Å². The molecule has 0 spiro atoms. The van der Waals surface area contributed by atoms with E-state index in [1.54, 1.807) is 4.68 Å². The van der Waals surface area contributed by atoms with E-state index in [0.29, 0.717) is 5.65 Å². The molecular formula is C18H24N4O3. The molecule has 7 heteroatoms. The number of rotatable bonds is 7. The van der Waals surface area contributed by atoms with Crippen molar-refractivity contribution in [3.8, 4) is 0 Å². The average molecular weight is 344 g/mol. The second kappa shape index (κ2) is 7.35. The van der Waals surface area contributed by atoms with Crippen LogP contribution >= 0.6 is 0 Å². The van der Waals surface area contributed by atoms with Gasteiger partial charge in [-0.3, -0.25) is 0 Å². The lowest BCUT2D eigenvalue weighted by molar-refractivity contribution is 0.0791. The highest BCUT2D eigenvalue weighted by atomic mass is 16.3. The van der Waals surface area contributed by atoms with Crippen LogP contribution in [0.1, 0.15) is 19.0 Å². The summed E-state index contributed by atoms with van der Waals surface area (Å²) in [5.74, 6) is 0. The van der Waals surface area contributed by atoms with Crippen molar-refractivity contribution >= 4 is 27.6 Å². The van der Waals surface area contributed by atoms with Gasteiger partial charge in [-0.05, 0) is 19.4 Å². The van der Waals surface area contributed by atoms with Gasteiger partial charge in [-0.15, -0.1) is 0 Å². The van der Waals surface area contributed by atoms with Crippen molar-refractivity contribution in [3.05, 3.63) is 30.0 Å². The number of fused-ring (bicyclic) bond motifs is 2. The minimum atomic E-state index is -0.895. The van der Waals surface area contributed by atoms with Crippen LogP contribution in [0.25, 0.3) is 21.9 Å². The van der Waals surface area contributed by atoms with E-state index in [4.69, 9.17) is 10.1 Å². The Hall–Kier alpha value is -2.22. The van der Waals surface area contributed by atoms with Crippen LogP contribution in [0.3, 0.4) is 0 Å².